The highest BCUT2D eigenvalue weighted by Crippen LogP contribution is 2.28. The van der Waals surface area contributed by atoms with E-state index in [1.54, 1.807) is 0 Å². The Hall–Kier alpha value is -1.28. The van der Waals surface area contributed by atoms with Crippen molar-refractivity contribution in [1.82, 2.24) is 10.3 Å². The molecule has 1 aliphatic rings. The minimum atomic E-state index is 0.664. The smallest absolute Gasteiger partial charge is 0.0458 e. The topological polar surface area (TPSA) is 27.8 Å². The van der Waals surface area contributed by atoms with Crippen LogP contribution in [0.15, 0.2) is 24.3 Å². The predicted octanol–water partition coefficient (Wildman–Crippen LogP) is 2.63. The van der Waals surface area contributed by atoms with Crippen molar-refractivity contribution in [3.8, 4) is 0 Å². The van der Waals surface area contributed by atoms with Gasteiger partial charge in [-0.3, -0.25) is 0 Å². The number of fused-ring (bicyclic) bond motifs is 3. The van der Waals surface area contributed by atoms with Gasteiger partial charge in [0.1, 0.15) is 0 Å². The van der Waals surface area contributed by atoms with Gasteiger partial charge in [0, 0.05) is 22.6 Å². The fourth-order valence-electron chi connectivity index (χ4n) is 2.83. The first kappa shape index (κ1) is 9.91. The number of benzene rings is 1. The Balaban J connectivity index is 2.01. The normalized spacial score (nSPS) is 19.9. The molecule has 1 atom stereocenters. The van der Waals surface area contributed by atoms with Crippen molar-refractivity contribution < 1.29 is 0 Å². The summed E-state index contributed by atoms with van der Waals surface area (Å²) in [4.78, 5) is 3.55. The van der Waals surface area contributed by atoms with Gasteiger partial charge >= 0.3 is 0 Å². The maximum Gasteiger partial charge on any atom is 0.0458 e. The van der Waals surface area contributed by atoms with E-state index in [-0.39, 0.29) is 0 Å². The molecule has 0 saturated carbocycles. The van der Waals surface area contributed by atoms with Crippen LogP contribution in [0.3, 0.4) is 0 Å². The number of hydrogen-bond acceptors (Lipinski definition) is 1. The Kier molecular flexibility index (Phi) is 2.44. The molecule has 1 heterocycles. The Morgan fingerprint density at radius 2 is 2.25 bits per heavy atom. The van der Waals surface area contributed by atoms with Crippen molar-refractivity contribution in [2.45, 2.75) is 32.2 Å². The molecule has 2 heteroatoms. The highest BCUT2D eigenvalue weighted by Gasteiger charge is 2.21. The van der Waals surface area contributed by atoms with Crippen LogP contribution in [0.25, 0.3) is 10.9 Å². The quantitative estimate of drug-likeness (QED) is 0.790. The highest BCUT2D eigenvalue weighted by atomic mass is 14.9. The average molecular weight is 214 g/mol. The van der Waals surface area contributed by atoms with Crippen molar-refractivity contribution in [2.75, 3.05) is 6.54 Å². The van der Waals surface area contributed by atoms with Crippen LogP contribution in [-0.4, -0.2) is 17.6 Å². The molecule has 0 radical (unpaired) electrons. The van der Waals surface area contributed by atoms with Gasteiger partial charge in [-0.25, -0.2) is 0 Å². The summed E-state index contributed by atoms with van der Waals surface area (Å²) >= 11 is 0. The summed E-state index contributed by atoms with van der Waals surface area (Å²) in [6.45, 7) is 3.26. The number of aromatic amines is 1. The second-order valence-electron chi connectivity index (χ2n) is 4.63. The molecular weight excluding hydrogens is 196 g/mol. The molecule has 84 valence electrons. The zero-order valence-electron chi connectivity index (χ0n) is 9.72. The standard InChI is InChI=1S/C14H18N2/c1-2-15-10-7-8-14-12(9-10)11-5-3-4-6-13(11)16-14/h3-6,10,15-16H,2,7-9H2,1H3. The summed E-state index contributed by atoms with van der Waals surface area (Å²) in [5.74, 6) is 0. The monoisotopic (exact) mass is 214 g/mol. The molecule has 0 amide bonds. The summed E-state index contributed by atoms with van der Waals surface area (Å²) in [5.41, 5.74) is 4.29. The van der Waals surface area contributed by atoms with Gasteiger partial charge < -0.3 is 10.3 Å². The van der Waals surface area contributed by atoms with Gasteiger partial charge in [-0.15, -0.1) is 0 Å². The molecule has 2 N–H and O–H groups in total. The summed E-state index contributed by atoms with van der Waals surface area (Å²) in [6.07, 6.45) is 3.61. The Bertz CT molecular complexity index is 498. The molecular formula is C14H18N2. The fraction of sp³-hybridized carbons (Fsp3) is 0.429. The molecule has 1 unspecified atom stereocenters. The van der Waals surface area contributed by atoms with Crippen LogP contribution in [0, 0.1) is 0 Å². The number of aromatic nitrogens is 1. The van der Waals surface area contributed by atoms with E-state index in [1.807, 2.05) is 0 Å². The van der Waals surface area contributed by atoms with Gasteiger partial charge in [0.05, 0.1) is 0 Å². The minimum absolute atomic E-state index is 0.664. The molecule has 0 spiro atoms. The number of hydrogen-bond donors (Lipinski definition) is 2. The highest BCUT2D eigenvalue weighted by molar-refractivity contribution is 5.84. The first-order valence-electron chi connectivity index (χ1n) is 6.20. The Morgan fingerprint density at radius 1 is 1.38 bits per heavy atom. The van der Waals surface area contributed by atoms with Crippen LogP contribution in [0.4, 0.5) is 0 Å². The lowest BCUT2D eigenvalue weighted by Gasteiger charge is -2.23. The molecule has 2 nitrogen and oxygen atoms in total. The molecule has 0 aliphatic heterocycles. The minimum Gasteiger partial charge on any atom is -0.358 e. The molecule has 0 bridgehead atoms. The lowest BCUT2D eigenvalue weighted by molar-refractivity contribution is 0.470. The van der Waals surface area contributed by atoms with E-state index < -0.39 is 0 Å². The molecule has 1 aliphatic carbocycles. The van der Waals surface area contributed by atoms with Crippen LogP contribution in [0.5, 0.6) is 0 Å². The number of para-hydroxylation sites is 1. The van der Waals surface area contributed by atoms with E-state index in [1.165, 1.54) is 41.4 Å². The number of nitrogens with one attached hydrogen (secondary N) is 2. The molecule has 0 saturated heterocycles. The molecule has 3 rings (SSSR count). The average Bonchev–Trinajstić information content (AvgIpc) is 2.68. The van der Waals surface area contributed by atoms with E-state index in [4.69, 9.17) is 0 Å². The second-order valence-corrected chi connectivity index (χ2v) is 4.63. The number of rotatable bonds is 2. The van der Waals surface area contributed by atoms with Crippen molar-refractivity contribution >= 4 is 10.9 Å². The zero-order chi connectivity index (χ0) is 11.0. The fourth-order valence-corrected chi connectivity index (χ4v) is 2.83. The van der Waals surface area contributed by atoms with Crippen molar-refractivity contribution in [3.05, 3.63) is 35.5 Å². The van der Waals surface area contributed by atoms with Gasteiger partial charge in [-0.1, -0.05) is 25.1 Å². The third-order valence-electron chi connectivity index (χ3n) is 3.59. The summed E-state index contributed by atoms with van der Waals surface area (Å²) in [5, 5.41) is 4.98. The van der Waals surface area contributed by atoms with Gasteiger partial charge in [-0.05, 0) is 37.4 Å². The number of likely N-dealkylation sites (N-methyl/N-ethyl adjacent to an activating group) is 1. The summed E-state index contributed by atoms with van der Waals surface area (Å²) in [7, 11) is 0. The summed E-state index contributed by atoms with van der Waals surface area (Å²) in [6, 6.07) is 9.31. The van der Waals surface area contributed by atoms with E-state index in [2.05, 4.69) is 41.5 Å². The van der Waals surface area contributed by atoms with Gasteiger partial charge in [0.25, 0.3) is 0 Å². The van der Waals surface area contributed by atoms with Crippen molar-refractivity contribution in [2.24, 2.45) is 0 Å². The van der Waals surface area contributed by atoms with E-state index in [9.17, 15) is 0 Å². The number of H-pyrrole nitrogens is 1. The third kappa shape index (κ3) is 1.54. The Labute approximate surface area is 96.1 Å². The van der Waals surface area contributed by atoms with Crippen LogP contribution in [0.1, 0.15) is 24.6 Å². The maximum absolute atomic E-state index is 3.57. The van der Waals surface area contributed by atoms with Crippen LogP contribution in [-0.2, 0) is 12.8 Å². The number of aryl methyl sites for hydroxylation is 1. The molecule has 16 heavy (non-hydrogen) atoms. The van der Waals surface area contributed by atoms with Crippen molar-refractivity contribution in [3.63, 3.8) is 0 Å². The SMILES string of the molecule is CCNC1CCc2[nH]c3ccccc3c2C1. The lowest BCUT2D eigenvalue weighted by Crippen LogP contribution is -2.34. The third-order valence-corrected chi connectivity index (χ3v) is 3.59. The zero-order valence-corrected chi connectivity index (χ0v) is 9.72. The van der Waals surface area contributed by atoms with Gasteiger partial charge in [0.2, 0.25) is 0 Å². The van der Waals surface area contributed by atoms with E-state index in [0.717, 1.165) is 6.54 Å². The Morgan fingerprint density at radius 3 is 3.12 bits per heavy atom. The van der Waals surface area contributed by atoms with E-state index >= 15 is 0 Å². The first-order chi connectivity index (χ1) is 7.88. The van der Waals surface area contributed by atoms with Crippen LogP contribution < -0.4 is 5.32 Å². The lowest BCUT2D eigenvalue weighted by atomic mass is 9.91. The molecule has 1 aromatic heterocycles. The van der Waals surface area contributed by atoms with Gasteiger partial charge in [0.15, 0.2) is 0 Å². The predicted molar refractivity (Wildman–Crippen MR) is 67.8 cm³/mol. The largest absolute Gasteiger partial charge is 0.358 e. The van der Waals surface area contributed by atoms with E-state index in [0.29, 0.717) is 6.04 Å². The first-order valence-corrected chi connectivity index (χ1v) is 6.20. The molecule has 1 aromatic carbocycles. The molecule has 2 aromatic rings. The second kappa shape index (κ2) is 3.95. The van der Waals surface area contributed by atoms with Gasteiger partial charge in [-0.2, -0.15) is 0 Å². The van der Waals surface area contributed by atoms with Crippen LogP contribution in [0.2, 0.25) is 0 Å². The summed E-state index contributed by atoms with van der Waals surface area (Å²) < 4.78 is 0. The van der Waals surface area contributed by atoms with Crippen molar-refractivity contribution in [1.29, 1.82) is 0 Å². The maximum atomic E-state index is 3.57. The van der Waals surface area contributed by atoms with Crippen LogP contribution >= 0.6 is 0 Å². The molecule has 0 fully saturated rings.